The third-order valence-corrected chi connectivity index (χ3v) is 3.93. The summed E-state index contributed by atoms with van der Waals surface area (Å²) >= 11 is 0. The zero-order valence-corrected chi connectivity index (χ0v) is 15.1. The number of benzene rings is 3. The van der Waals surface area contributed by atoms with E-state index in [1.165, 1.54) is 6.08 Å². The molecule has 0 amide bonds. The van der Waals surface area contributed by atoms with Crippen molar-refractivity contribution in [3.63, 3.8) is 0 Å². The van der Waals surface area contributed by atoms with Gasteiger partial charge in [-0.15, -0.1) is 0 Å². The van der Waals surface area contributed by atoms with Crippen molar-refractivity contribution in [1.29, 1.82) is 0 Å². The Morgan fingerprint density at radius 1 is 0.923 bits per heavy atom. The number of carbonyl (C=O) groups excluding carboxylic acids is 1. The van der Waals surface area contributed by atoms with Gasteiger partial charge in [0.05, 0.1) is 12.7 Å². The molecule has 0 spiro atoms. The van der Waals surface area contributed by atoms with E-state index in [1.54, 1.807) is 31.5 Å². The molecule has 0 aliphatic carbocycles. The van der Waals surface area contributed by atoms with Crippen LogP contribution >= 0.6 is 0 Å². The molecule has 26 heavy (non-hydrogen) atoms. The molecule has 0 bridgehead atoms. The van der Waals surface area contributed by atoms with E-state index in [9.17, 15) is 4.79 Å². The third-order valence-electron chi connectivity index (χ3n) is 3.93. The molecule has 0 unspecified atom stereocenters. The van der Waals surface area contributed by atoms with Gasteiger partial charge in [0, 0.05) is 32.4 Å². The molecule has 0 atom stereocenters. The van der Waals surface area contributed by atoms with Crippen molar-refractivity contribution in [2.45, 2.75) is 0 Å². The standard InChI is InChI=1S/C22H21NO3/c1-23(2)13-12-21(24)20-11-10-18(25-3)15-22(20)26-19-9-8-16-6-4-5-7-17(16)14-19/h4-15H,1-3H3/b13-12+. The Kier molecular flexibility index (Phi) is 5.23. The summed E-state index contributed by atoms with van der Waals surface area (Å²) in [6.45, 7) is 0. The molecule has 0 radical (unpaired) electrons. The van der Waals surface area contributed by atoms with Gasteiger partial charge in [0.2, 0.25) is 0 Å². The maximum Gasteiger partial charge on any atom is 0.191 e. The molecular formula is C22H21NO3. The fraction of sp³-hybridized carbons (Fsp3) is 0.136. The van der Waals surface area contributed by atoms with E-state index in [2.05, 4.69) is 0 Å². The second-order valence-electron chi connectivity index (χ2n) is 6.12. The van der Waals surface area contributed by atoms with Crippen LogP contribution < -0.4 is 9.47 Å². The van der Waals surface area contributed by atoms with Crippen molar-refractivity contribution in [3.8, 4) is 17.2 Å². The number of ether oxygens (including phenoxy) is 2. The largest absolute Gasteiger partial charge is 0.497 e. The number of nitrogens with zero attached hydrogens (tertiary/aromatic N) is 1. The number of hydrogen-bond acceptors (Lipinski definition) is 4. The number of carbonyl (C=O) groups is 1. The average molecular weight is 347 g/mol. The number of hydrogen-bond donors (Lipinski definition) is 0. The van der Waals surface area contributed by atoms with Crippen molar-refractivity contribution in [1.82, 2.24) is 4.90 Å². The summed E-state index contributed by atoms with van der Waals surface area (Å²) in [7, 11) is 5.32. The Labute approximate surface area is 153 Å². The molecule has 4 heteroatoms. The van der Waals surface area contributed by atoms with E-state index >= 15 is 0 Å². The lowest BCUT2D eigenvalue weighted by Gasteiger charge is -2.12. The molecule has 0 aliphatic rings. The topological polar surface area (TPSA) is 38.8 Å². The van der Waals surface area contributed by atoms with E-state index in [-0.39, 0.29) is 5.78 Å². The van der Waals surface area contributed by atoms with Crippen LogP contribution in [0.1, 0.15) is 10.4 Å². The smallest absolute Gasteiger partial charge is 0.191 e. The quantitative estimate of drug-likeness (QED) is 0.470. The first-order chi connectivity index (χ1) is 12.6. The van der Waals surface area contributed by atoms with Crippen LogP contribution in [-0.2, 0) is 0 Å². The third kappa shape index (κ3) is 4.03. The Balaban J connectivity index is 1.97. The van der Waals surface area contributed by atoms with Gasteiger partial charge < -0.3 is 14.4 Å². The minimum absolute atomic E-state index is 0.128. The second-order valence-corrected chi connectivity index (χ2v) is 6.12. The van der Waals surface area contributed by atoms with Gasteiger partial charge in [0.15, 0.2) is 5.78 Å². The summed E-state index contributed by atoms with van der Waals surface area (Å²) in [4.78, 5) is 14.3. The zero-order chi connectivity index (χ0) is 18.5. The van der Waals surface area contributed by atoms with Crippen molar-refractivity contribution in [2.75, 3.05) is 21.2 Å². The Morgan fingerprint density at radius 2 is 1.65 bits per heavy atom. The predicted octanol–water partition coefficient (Wildman–Crippen LogP) is 4.90. The first kappa shape index (κ1) is 17.5. The highest BCUT2D eigenvalue weighted by atomic mass is 16.5. The molecule has 3 aromatic rings. The lowest BCUT2D eigenvalue weighted by atomic mass is 10.1. The van der Waals surface area contributed by atoms with Gasteiger partial charge in [-0.05, 0) is 35.0 Å². The maximum atomic E-state index is 12.5. The van der Waals surface area contributed by atoms with E-state index in [1.807, 2.05) is 61.5 Å². The SMILES string of the molecule is COc1ccc(C(=O)/C=C/N(C)C)c(Oc2ccc3ccccc3c2)c1. The van der Waals surface area contributed by atoms with Gasteiger partial charge >= 0.3 is 0 Å². The molecule has 0 aliphatic heterocycles. The molecular weight excluding hydrogens is 326 g/mol. The highest BCUT2D eigenvalue weighted by Crippen LogP contribution is 2.31. The number of rotatable bonds is 6. The van der Waals surface area contributed by atoms with Gasteiger partial charge in [-0.25, -0.2) is 0 Å². The van der Waals surface area contributed by atoms with Crippen molar-refractivity contribution < 1.29 is 14.3 Å². The van der Waals surface area contributed by atoms with E-state index < -0.39 is 0 Å². The van der Waals surface area contributed by atoms with Crippen molar-refractivity contribution in [2.24, 2.45) is 0 Å². The molecule has 0 aromatic heterocycles. The highest BCUT2D eigenvalue weighted by molar-refractivity contribution is 6.06. The molecule has 3 aromatic carbocycles. The average Bonchev–Trinajstić information content (AvgIpc) is 2.66. The van der Waals surface area contributed by atoms with Crippen LogP contribution in [0.2, 0.25) is 0 Å². The van der Waals surface area contributed by atoms with Crippen LogP contribution in [0.4, 0.5) is 0 Å². The van der Waals surface area contributed by atoms with Gasteiger partial charge in [-0.3, -0.25) is 4.79 Å². The molecule has 0 saturated carbocycles. The fourth-order valence-corrected chi connectivity index (χ4v) is 2.58. The fourth-order valence-electron chi connectivity index (χ4n) is 2.58. The van der Waals surface area contributed by atoms with E-state index in [0.717, 1.165) is 10.8 Å². The monoisotopic (exact) mass is 347 g/mol. The molecule has 0 heterocycles. The second kappa shape index (κ2) is 7.74. The minimum atomic E-state index is -0.128. The van der Waals surface area contributed by atoms with Crippen LogP contribution in [0.15, 0.2) is 72.9 Å². The van der Waals surface area contributed by atoms with Crippen LogP contribution in [-0.4, -0.2) is 31.9 Å². The summed E-state index contributed by atoms with van der Waals surface area (Å²) < 4.78 is 11.3. The van der Waals surface area contributed by atoms with E-state index in [0.29, 0.717) is 22.8 Å². The first-order valence-electron chi connectivity index (χ1n) is 8.30. The normalized spacial score (nSPS) is 10.9. The lowest BCUT2D eigenvalue weighted by molar-refractivity contribution is 0.104. The van der Waals surface area contributed by atoms with Crippen molar-refractivity contribution >= 4 is 16.6 Å². The minimum Gasteiger partial charge on any atom is -0.497 e. The van der Waals surface area contributed by atoms with Gasteiger partial charge in [-0.1, -0.05) is 30.3 Å². The Morgan fingerprint density at radius 3 is 2.38 bits per heavy atom. The van der Waals surface area contributed by atoms with Crippen LogP contribution in [0.5, 0.6) is 17.2 Å². The number of allylic oxidation sites excluding steroid dienone is 1. The summed E-state index contributed by atoms with van der Waals surface area (Å²) in [6, 6.07) is 19.1. The van der Waals surface area contributed by atoms with Crippen LogP contribution in [0, 0.1) is 0 Å². The summed E-state index contributed by atoms with van der Waals surface area (Å²) in [5, 5.41) is 2.21. The number of fused-ring (bicyclic) bond motifs is 1. The Hall–Kier alpha value is -3.27. The van der Waals surface area contributed by atoms with Crippen LogP contribution in [0.25, 0.3) is 10.8 Å². The van der Waals surface area contributed by atoms with Crippen LogP contribution in [0.3, 0.4) is 0 Å². The first-order valence-corrected chi connectivity index (χ1v) is 8.30. The van der Waals surface area contributed by atoms with Gasteiger partial charge in [0.25, 0.3) is 0 Å². The molecule has 0 fully saturated rings. The summed E-state index contributed by atoms with van der Waals surface area (Å²) in [5.74, 6) is 1.64. The predicted molar refractivity (Wildman–Crippen MR) is 104 cm³/mol. The highest BCUT2D eigenvalue weighted by Gasteiger charge is 2.13. The molecule has 3 rings (SSSR count). The van der Waals surface area contributed by atoms with Gasteiger partial charge in [0.1, 0.15) is 17.2 Å². The zero-order valence-electron chi connectivity index (χ0n) is 15.1. The molecule has 132 valence electrons. The number of ketones is 1. The lowest BCUT2D eigenvalue weighted by Crippen LogP contribution is -2.04. The summed E-state index contributed by atoms with van der Waals surface area (Å²) in [6.07, 6.45) is 3.24. The van der Waals surface area contributed by atoms with E-state index in [4.69, 9.17) is 9.47 Å². The molecule has 0 saturated heterocycles. The molecule has 4 nitrogen and oxygen atoms in total. The molecule has 0 N–H and O–H groups in total. The van der Waals surface area contributed by atoms with Crippen molar-refractivity contribution in [3.05, 3.63) is 78.5 Å². The Bertz CT molecular complexity index is 961. The summed E-state index contributed by atoms with van der Waals surface area (Å²) in [5.41, 5.74) is 0.483. The maximum absolute atomic E-state index is 12.5. The van der Waals surface area contributed by atoms with Gasteiger partial charge in [-0.2, -0.15) is 0 Å². The number of methoxy groups -OCH3 is 1.